The molecule has 1 heterocycles. The van der Waals surface area contributed by atoms with Crippen LogP contribution in [0.15, 0.2) is 0 Å². The Labute approximate surface area is 113 Å². The molecule has 0 spiro atoms. The summed E-state index contributed by atoms with van der Waals surface area (Å²) in [4.78, 5) is 36.8. The molecule has 2 rings (SSSR count). The fourth-order valence-corrected chi connectivity index (χ4v) is 3.52. The number of esters is 1. The molecular weight excluding hydrogens is 246 g/mol. The van der Waals surface area contributed by atoms with Crippen LogP contribution in [-0.4, -0.2) is 40.7 Å². The van der Waals surface area contributed by atoms with Gasteiger partial charge in [-0.3, -0.25) is 14.4 Å². The minimum absolute atomic E-state index is 0.0134. The van der Waals surface area contributed by atoms with Crippen molar-refractivity contribution in [2.24, 2.45) is 5.92 Å². The fraction of sp³-hybridized carbons (Fsp3) is 0.786. The predicted molar refractivity (Wildman–Crippen MR) is 68.3 cm³/mol. The number of nitrogens with zero attached hydrogens (tertiary/aromatic N) is 1. The van der Waals surface area contributed by atoms with Crippen LogP contribution in [0.3, 0.4) is 0 Å². The number of rotatable bonds is 1. The first-order chi connectivity index (χ1) is 8.91. The van der Waals surface area contributed by atoms with Gasteiger partial charge in [0.2, 0.25) is 5.91 Å². The number of likely N-dealkylation sites (tertiary alicyclic amines) is 1. The number of piperidine rings is 1. The van der Waals surface area contributed by atoms with E-state index in [1.54, 1.807) is 4.90 Å². The van der Waals surface area contributed by atoms with Crippen LogP contribution in [0, 0.1) is 5.92 Å². The zero-order valence-electron chi connectivity index (χ0n) is 11.7. The SMILES string of the molecule is CC(=O)O[C@@H]1C[C@@H]2C(=O)CCC[C@@H]2N(C(C)=O)[C@H]1C. The minimum atomic E-state index is -0.371. The van der Waals surface area contributed by atoms with Crippen molar-refractivity contribution in [3.8, 4) is 0 Å². The van der Waals surface area contributed by atoms with E-state index in [-0.39, 0.29) is 41.8 Å². The van der Waals surface area contributed by atoms with Gasteiger partial charge < -0.3 is 9.64 Å². The highest BCUT2D eigenvalue weighted by Gasteiger charge is 2.47. The number of carbonyl (C=O) groups excluding carboxylic acids is 3. The monoisotopic (exact) mass is 267 g/mol. The molecule has 1 saturated carbocycles. The second kappa shape index (κ2) is 5.31. The maximum Gasteiger partial charge on any atom is 0.302 e. The number of ether oxygens (including phenoxy) is 1. The van der Waals surface area contributed by atoms with Gasteiger partial charge in [-0.15, -0.1) is 0 Å². The Morgan fingerprint density at radius 1 is 1.32 bits per heavy atom. The van der Waals surface area contributed by atoms with Gasteiger partial charge in [-0.05, 0) is 26.2 Å². The van der Waals surface area contributed by atoms with E-state index < -0.39 is 0 Å². The summed E-state index contributed by atoms with van der Waals surface area (Å²) in [7, 11) is 0. The lowest BCUT2D eigenvalue weighted by molar-refractivity contribution is -0.167. The molecule has 4 atom stereocenters. The van der Waals surface area contributed by atoms with Crippen LogP contribution in [0.4, 0.5) is 0 Å². The standard InChI is InChI=1S/C14H21NO4/c1-8-14(19-10(3)17)7-11-12(15(8)9(2)16)5-4-6-13(11)18/h8,11-12,14H,4-7H2,1-3H3/t8-,11-,12-,14+/m0/s1. The van der Waals surface area contributed by atoms with Crippen molar-refractivity contribution in [2.45, 2.75) is 64.6 Å². The molecular formula is C14H21NO4. The lowest BCUT2D eigenvalue weighted by atomic mass is 9.74. The topological polar surface area (TPSA) is 63.7 Å². The third-order valence-corrected chi connectivity index (χ3v) is 4.30. The average molecular weight is 267 g/mol. The molecule has 19 heavy (non-hydrogen) atoms. The van der Waals surface area contributed by atoms with Crippen molar-refractivity contribution < 1.29 is 19.1 Å². The summed E-state index contributed by atoms with van der Waals surface area (Å²) < 4.78 is 5.30. The molecule has 2 aliphatic rings. The summed E-state index contributed by atoms with van der Waals surface area (Å²) in [5.74, 6) is -0.374. The lowest BCUT2D eigenvalue weighted by Gasteiger charge is -2.49. The van der Waals surface area contributed by atoms with Crippen LogP contribution >= 0.6 is 0 Å². The van der Waals surface area contributed by atoms with Crippen molar-refractivity contribution in [1.82, 2.24) is 4.90 Å². The highest BCUT2D eigenvalue weighted by Crippen LogP contribution is 2.37. The first-order valence-corrected chi connectivity index (χ1v) is 6.90. The van der Waals surface area contributed by atoms with E-state index in [1.807, 2.05) is 6.92 Å². The van der Waals surface area contributed by atoms with Crippen LogP contribution in [0.2, 0.25) is 0 Å². The number of ketones is 1. The summed E-state index contributed by atoms with van der Waals surface area (Å²) in [6, 6.07) is -0.172. The quantitative estimate of drug-likeness (QED) is 0.672. The maximum atomic E-state index is 12.1. The maximum absolute atomic E-state index is 12.1. The third-order valence-electron chi connectivity index (χ3n) is 4.30. The second-order valence-corrected chi connectivity index (χ2v) is 5.58. The normalized spacial score (nSPS) is 34.7. The Morgan fingerprint density at radius 2 is 2.00 bits per heavy atom. The van der Waals surface area contributed by atoms with Crippen molar-refractivity contribution in [3.63, 3.8) is 0 Å². The van der Waals surface area contributed by atoms with Gasteiger partial charge in [0.15, 0.2) is 0 Å². The lowest BCUT2D eigenvalue weighted by Crippen LogP contribution is -2.61. The molecule has 0 aromatic rings. The summed E-state index contributed by atoms with van der Waals surface area (Å²) in [6.45, 7) is 4.77. The third kappa shape index (κ3) is 2.65. The van der Waals surface area contributed by atoms with E-state index in [0.29, 0.717) is 12.8 Å². The second-order valence-electron chi connectivity index (χ2n) is 5.58. The molecule has 0 aromatic heterocycles. The number of hydrogen-bond donors (Lipinski definition) is 0. The number of hydrogen-bond acceptors (Lipinski definition) is 4. The van der Waals surface area contributed by atoms with Crippen LogP contribution in [0.5, 0.6) is 0 Å². The van der Waals surface area contributed by atoms with Gasteiger partial charge in [-0.2, -0.15) is 0 Å². The molecule has 1 amide bonds. The van der Waals surface area contributed by atoms with Gasteiger partial charge in [0, 0.05) is 32.2 Å². The van der Waals surface area contributed by atoms with Gasteiger partial charge >= 0.3 is 5.97 Å². The minimum Gasteiger partial charge on any atom is -0.460 e. The van der Waals surface area contributed by atoms with Gasteiger partial charge in [-0.25, -0.2) is 0 Å². The van der Waals surface area contributed by atoms with Crippen LogP contribution in [0.25, 0.3) is 0 Å². The van der Waals surface area contributed by atoms with Crippen LogP contribution in [0.1, 0.15) is 46.5 Å². The molecule has 5 nitrogen and oxygen atoms in total. The first kappa shape index (κ1) is 14.0. The van der Waals surface area contributed by atoms with Crippen molar-refractivity contribution in [2.75, 3.05) is 0 Å². The predicted octanol–water partition coefficient (Wildman–Crippen LogP) is 1.30. The number of fused-ring (bicyclic) bond motifs is 1. The summed E-state index contributed by atoms with van der Waals surface area (Å²) in [6.07, 6.45) is 2.47. The molecule has 1 aliphatic heterocycles. The van der Waals surface area contributed by atoms with Gasteiger partial charge in [0.1, 0.15) is 11.9 Å². The molecule has 0 unspecified atom stereocenters. The molecule has 0 aromatic carbocycles. The van der Waals surface area contributed by atoms with Crippen molar-refractivity contribution >= 4 is 17.7 Å². The molecule has 1 aliphatic carbocycles. The Kier molecular flexibility index (Phi) is 3.92. The van der Waals surface area contributed by atoms with Gasteiger partial charge in [-0.1, -0.05) is 0 Å². The van der Waals surface area contributed by atoms with E-state index in [0.717, 1.165) is 12.8 Å². The Hall–Kier alpha value is -1.39. The van der Waals surface area contributed by atoms with Crippen molar-refractivity contribution in [1.29, 1.82) is 0 Å². The fourth-order valence-electron chi connectivity index (χ4n) is 3.52. The largest absolute Gasteiger partial charge is 0.460 e. The van der Waals surface area contributed by atoms with E-state index in [1.165, 1.54) is 13.8 Å². The average Bonchev–Trinajstić information content (AvgIpc) is 2.30. The van der Waals surface area contributed by atoms with Crippen molar-refractivity contribution in [3.05, 3.63) is 0 Å². The molecule has 2 fully saturated rings. The van der Waals surface area contributed by atoms with E-state index in [9.17, 15) is 14.4 Å². The molecule has 106 valence electrons. The Morgan fingerprint density at radius 3 is 2.58 bits per heavy atom. The zero-order valence-corrected chi connectivity index (χ0v) is 11.7. The van der Waals surface area contributed by atoms with Gasteiger partial charge in [0.05, 0.1) is 6.04 Å². The van der Waals surface area contributed by atoms with E-state index >= 15 is 0 Å². The summed E-state index contributed by atoms with van der Waals surface area (Å²) in [5, 5.41) is 0. The highest BCUT2D eigenvalue weighted by molar-refractivity contribution is 5.84. The number of carbonyl (C=O) groups is 3. The smallest absolute Gasteiger partial charge is 0.302 e. The molecule has 5 heteroatoms. The Balaban J connectivity index is 2.26. The highest BCUT2D eigenvalue weighted by atomic mass is 16.5. The number of Topliss-reactive ketones (excluding diaryl/α,β-unsaturated/α-hetero) is 1. The molecule has 0 radical (unpaired) electrons. The number of amides is 1. The molecule has 0 N–H and O–H groups in total. The Bertz CT molecular complexity index is 406. The summed E-state index contributed by atoms with van der Waals surface area (Å²) in [5.41, 5.74) is 0. The van der Waals surface area contributed by atoms with E-state index in [4.69, 9.17) is 4.74 Å². The van der Waals surface area contributed by atoms with Crippen LogP contribution < -0.4 is 0 Å². The molecule has 0 bridgehead atoms. The van der Waals surface area contributed by atoms with E-state index in [2.05, 4.69) is 0 Å². The molecule has 1 saturated heterocycles. The first-order valence-electron chi connectivity index (χ1n) is 6.90. The van der Waals surface area contributed by atoms with Gasteiger partial charge in [0.25, 0.3) is 0 Å². The summed E-state index contributed by atoms with van der Waals surface area (Å²) >= 11 is 0. The van der Waals surface area contributed by atoms with Crippen LogP contribution in [-0.2, 0) is 19.1 Å². The zero-order chi connectivity index (χ0) is 14.2.